The van der Waals surface area contributed by atoms with Crippen LogP contribution in [0.2, 0.25) is 0 Å². The lowest BCUT2D eigenvalue weighted by Crippen LogP contribution is -2.18. The van der Waals surface area contributed by atoms with E-state index >= 15 is 0 Å². The molecule has 4 nitrogen and oxygen atoms in total. The van der Waals surface area contributed by atoms with Gasteiger partial charge in [-0.1, -0.05) is 18.2 Å². The Morgan fingerprint density at radius 3 is 2.69 bits per heavy atom. The van der Waals surface area contributed by atoms with Gasteiger partial charge in [-0.05, 0) is 6.07 Å². The first-order chi connectivity index (χ1) is 6.29. The van der Waals surface area contributed by atoms with E-state index in [1.165, 1.54) is 6.26 Å². The summed E-state index contributed by atoms with van der Waals surface area (Å²) < 4.78 is 0. The number of fused-ring (bicyclic) bond motifs is 1. The molecule has 0 atom stereocenters. The number of hydrogen-bond acceptors (Lipinski definition) is 4. The Balaban J connectivity index is 2.47. The van der Waals surface area contributed by atoms with Crippen LogP contribution in [0.15, 0.2) is 30.5 Å². The molecular formula is C8H7BO4. The molecule has 0 fully saturated rings. The molecule has 0 spiro atoms. The third kappa shape index (κ3) is 1.39. The molecule has 0 unspecified atom stereocenters. The van der Waals surface area contributed by atoms with Crippen molar-refractivity contribution in [3.63, 3.8) is 0 Å². The predicted molar refractivity (Wildman–Crippen MR) is 46.3 cm³/mol. The average Bonchev–Trinajstić information content (AvgIpc) is 2.17. The molecule has 1 heterocycles. The van der Waals surface area contributed by atoms with Crippen molar-refractivity contribution in [1.82, 2.24) is 0 Å². The molecule has 2 rings (SSSR count). The van der Waals surface area contributed by atoms with Gasteiger partial charge in [0.2, 0.25) is 0 Å². The first-order valence-corrected chi connectivity index (χ1v) is 3.78. The van der Waals surface area contributed by atoms with Crippen molar-refractivity contribution in [3.05, 3.63) is 36.1 Å². The molecule has 2 N–H and O–H groups in total. The molecule has 1 aliphatic heterocycles. The predicted octanol–water partition coefficient (Wildman–Crippen LogP) is 0.363. The maximum absolute atomic E-state index is 8.98. The summed E-state index contributed by atoms with van der Waals surface area (Å²) in [5, 5.41) is 18.0. The maximum atomic E-state index is 8.98. The largest absolute Gasteiger partial charge is 0.492 e. The van der Waals surface area contributed by atoms with E-state index in [9.17, 15) is 0 Å². The maximum Gasteiger partial charge on any atom is 0.492 e. The SMILES string of the molecule is OB(O)C1=COOc2ccccc21. The molecule has 13 heavy (non-hydrogen) atoms. The Bertz CT molecular complexity index is 348. The second kappa shape index (κ2) is 3.12. The summed E-state index contributed by atoms with van der Waals surface area (Å²) in [6, 6.07) is 6.96. The van der Waals surface area contributed by atoms with Crippen molar-refractivity contribution < 1.29 is 19.8 Å². The minimum absolute atomic E-state index is 0.293. The van der Waals surface area contributed by atoms with Gasteiger partial charge in [0.05, 0.1) is 0 Å². The van der Waals surface area contributed by atoms with Gasteiger partial charge in [-0.2, -0.15) is 0 Å². The van der Waals surface area contributed by atoms with Crippen LogP contribution in [0.5, 0.6) is 5.75 Å². The normalized spacial score (nSPS) is 13.5. The van der Waals surface area contributed by atoms with Crippen molar-refractivity contribution >= 4 is 12.6 Å². The van der Waals surface area contributed by atoms with Gasteiger partial charge in [0.25, 0.3) is 0 Å². The molecule has 1 aromatic carbocycles. The van der Waals surface area contributed by atoms with E-state index in [0.717, 1.165) is 0 Å². The fourth-order valence-electron chi connectivity index (χ4n) is 1.17. The second-order valence-corrected chi connectivity index (χ2v) is 2.62. The smallest absolute Gasteiger partial charge is 0.423 e. The zero-order chi connectivity index (χ0) is 9.26. The minimum atomic E-state index is -1.55. The summed E-state index contributed by atoms with van der Waals surface area (Å²) in [5.41, 5.74) is 0.922. The number of para-hydroxylation sites is 1. The van der Waals surface area contributed by atoms with Crippen LogP contribution in [0.4, 0.5) is 0 Å². The van der Waals surface area contributed by atoms with Crippen LogP contribution in [-0.4, -0.2) is 17.2 Å². The Hall–Kier alpha value is -1.46. The first-order valence-electron chi connectivity index (χ1n) is 3.78. The highest BCUT2D eigenvalue weighted by atomic mass is 17.2. The van der Waals surface area contributed by atoms with Gasteiger partial charge < -0.3 is 10.0 Å². The number of hydrogen-bond donors (Lipinski definition) is 2. The Morgan fingerprint density at radius 2 is 1.92 bits per heavy atom. The quantitative estimate of drug-likeness (QED) is 0.481. The Morgan fingerprint density at radius 1 is 1.15 bits per heavy atom. The van der Waals surface area contributed by atoms with Gasteiger partial charge in [-0.25, -0.2) is 0 Å². The average molecular weight is 178 g/mol. The number of benzene rings is 1. The fraction of sp³-hybridized carbons (Fsp3) is 0. The molecule has 0 saturated carbocycles. The van der Waals surface area contributed by atoms with E-state index in [1.807, 2.05) is 0 Å². The van der Waals surface area contributed by atoms with Gasteiger partial charge in [0, 0.05) is 11.0 Å². The Labute approximate surface area is 75.1 Å². The van der Waals surface area contributed by atoms with Crippen LogP contribution in [0.25, 0.3) is 5.47 Å². The van der Waals surface area contributed by atoms with Crippen molar-refractivity contribution in [1.29, 1.82) is 0 Å². The summed E-state index contributed by atoms with van der Waals surface area (Å²) in [7, 11) is -1.55. The van der Waals surface area contributed by atoms with E-state index in [2.05, 4.69) is 4.89 Å². The van der Waals surface area contributed by atoms with Gasteiger partial charge in [-0.15, -0.1) is 0 Å². The van der Waals surface area contributed by atoms with Gasteiger partial charge in [0.1, 0.15) is 6.26 Å². The van der Waals surface area contributed by atoms with Crippen molar-refractivity contribution in [3.8, 4) is 5.75 Å². The molecule has 0 aliphatic carbocycles. The zero-order valence-corrected chi connectivity index (χ0v) is 6.68. The summed E-state index contributed by atoms with van der Waals surface area (Å²) in [5.74, 6) is 0.480. The van der Waals surface area contributed by atoms with Crippen molar-refractivity contribution in [2.24, 2.45) is 0 Å². The molecule has 66 valence electrons. The molecule has 0 aromatic heterocycles. The highest BCUT2D eigenvalue weighted by Gasteiger charge is 2.24. The van der Waals surface area contributed by atoms with E-state index in [-0.39, 0.29) is 0 Å². The van der Waals surface area contributed by atoms with Crippen LogP contribution < -0.4 is 4.89 Å². The van der Waals surface area contributed by atoms with Crippen LogP contribution in [0.1, 0.15) is 5.56 Å². The fourth-order valence-corrected chi connectivity index (χ4v) is 1.17. The topological polar surface area (TPSA) is 58.9 Å². The zero-order valence-electron chi connectivity index (χ0n) is 6.68. The molecule has 0 amide bonds. The van der Waals surface area contributed by atoms with Gasteiger partial charge in [-0.3, -0.25) is 9.78 Å². The Kier molecular flexibility index (Phi) is 1.96. The standard InChI is InChI=1S/C8H7BO4/c10-9(11)7-5-12-13-8-4-2-1-3-6(7)8/h1-5,10-11H. The molecule has 1 aromatic rings. The van der Waals surface area contributed by atoms with Crippen LogP contribution in [0.3, 0.4) is 0 Å². The summed E-state index contributed by atoms with van der Waals surface area (Å²) in [6.07, 6.45) is 1.17. The lowest BCUT2D eigenvalue weighted by Gasteiger charge is -2.15. The van der Waals surface area contributed by atoms with Gasteiger partial charge >= 0.3 is 7.12 Å². The molecule has 0 radical (unpaired) electrons. The van der Waals surface area contributed by atoms with Crippen molar-refractivity contribution in [2.75, 3.05) is 0 Å². The highest BCUT2D eigenvalue weighted by molar-refractivity contribution is 6.65. The second-order valence-electron chi connectivity index (χ2n) is 2.62. The van der Waals surface area contributed by atoms with Crippen molar-refractivity contribution in [2.45, 2.75) is 0 Å². The monoisotopic (exact) mass is 178 g/mol. The molecule has 5 heteroatoms. The first kappa shape index (κ1) is 8.16. The van der Waals surface area contributed by atoms with E-state index in [1.54, 1.807) is 24.3 Å². The summed E-state index contributed by atoms with van der Waals surface area (Å²) >= 11 is 0. The summed E-state index contributed by atoms with van der Waals surface area (Å²) in [6.45, 7) is 0. The highest BCUT2D eigenvalue weighted by Crippen LogP contribution is 2.30. The molecule has 1 aliphatic rings. The van der Waals surface area contributed by atoms with E-state index in [4.69, 9.17) is 14.9 Å². The lowest BCUT2D eigenvalue weighted by molar-refractivity contribution is -0.151. The van der Waals surface area contributed by atoms with E-state index < -0.39 is 7.12 Å². The molecular weight excluding hydrogens is 171 g/mol. The minimum Gasteiger partial charge on any atom is -0.423 e. The lowest BCUT2D eigenvalue weighted by atomic mass is 9.75. The van der Waals surface area contributed by atoms with Crippen LogP contribution in [0, 0.1) is 0 Å². The third-order valence-electron chi connectivity index (χ3n) is 1.79. The molecule has 0 saturated heterocycles. The molecule has 0 bridgehead atoms. The van der Waals surface area contributed by atoms with Gasteiger partial charge in [0.15, 0.2) is 5.75 Å². The third-order valence-corrected chi connectivity index (χ3v) is 1.79. The summed E-state index contributed by atoms with van der Waals surface area (Å²) in [4.78, 5) is 9.39. The number of rotatable bonds is 1. The van der Waals surface area contributed by atoms with Crippen LogP contribution in [-0.2, 0) is 4.89 Å². The van der Waals surface area contributed by atoms with E-state index in [0.29, 0.717) is 16.8 Å². The van der Waals surface area contributed by atoms with Crippen LogP contribution >= 0.6 is 0 Å².